The first-order valence-corrected chi connectivity index (χ1v) is 8.10. The van der Waals surface area contributed by atoms with Crippen LogP contribution in [-0.4, -0.2) is 26.2 Å². The summed E-state index contributed by atoms with van der Waals surface area (Å²) in [7, 11) is -3.60. The summed E-state index contributed by atoms with van der Waals surface area (Å²) >= 11 is 0. The molecule has 0 heterocycles. The van der Waals surface area contributed by atoms with Crippen molar-refractivity contribution in [3.05, 3.63) is 29.3 Å². The van der Waals surface area contributed by atoms with Crippen LogP contribution in [0.4, 0.5) is 0 Å². The Bertz CT molecular complexity index is 634. The molecule has 1 fully saturated rings. The molecule has 0 aliphatic heterocycles. The van der Waals surface area contributed by atoms with Crippen molar-refractivity contribution < 1.29 is 13.5 Å². The normalized spacial score (nSPS) is 22.6. The third kappa shape index (κ3) is 3.01. The SMILES string of the molecule is Cc1cc(S(=O)(=O)NC2CCCC2CO)ccc1C#N. The average molecular weight is 294 g/mol. The van der Waals surface area contributed by atoms with E-state index in [-0.39, 0.29) is 23.5 Å². The third-order valence-electron chi connectivity index (χ3n) is 3.83. The Balaban J connectivity index is 2.23. The van der Waals surface area contributed by atoms with Crippen molar-refractivity contribution in [1.82, 2.24) is 4.72 Å². The number of benzene rings is 1. The lowest BCUT2D eigenvalue weighted by Gasteiger charge is -2.19. The van der Waals surface area contributed by atoms with Crippen molar-refractivity contribution in [3.8, 4) is 6.07 Å². The summed E-state index contributed by atoms with van der Waals surface area (Å²) in [4.78, 5) is 0.164. The Morgan fingerprint density at radius 1 is 1.45 bits per heavy atom. The highest BCUT2D eigenvalue weighted by molar-refractivity contribution is 7.89. The molecule has 6 heteroatoms. The van der Waals surface area contributed by atoms with Crippen LogP contribution in [0.15, 0.2) is 23.1 Å². The minimum absolute atomic E-state index is 0.000412. The number of aryl methyl sites for hydroxylation is 1. The molecular formula is C14H18N2O3S. The van der Waals surface area contributed by atoms with Gasteiger partial charge in [-0.25, -0.2) is 13.1 Å². The molecule has 5 nitrogen and oxygen atoms in total. The topological polar surface area (TPSA) is 90.2 Å². The van der Waals surface area contributed by atoms with Crippen LogP contribution in [0.3, 0.4) is 0 Å². The van der Waals surface area contributed by atoms with Gasteiger partial charge in [0.05, 0.1) is 16.5 Å². The fourth-order valence-corrected chi connectivity index (χ4v) is 4.03. The Morgan fingerprint density at radius 2 is 2.20 bits per heavy atom. The number of sulfonamides is 1. The molecule has 2 unspecified atom stereocenters. The van der Waals surface area contributed by atoms with Gasteiger partial charge in [0.2, 0.25) is 10.0 Å². The summed E-state index contributed by atoms with van der Waals surface area (Å²) < 4.78 is 27.3. The Hall–Kier alpha value is -1.42. The second kappa shape index (κ2) is 5.92. The molecule has 0 saturated heterocycles. The van der Waals surface area contributed by atoms with Crippen LogP contribution in [0.1, 0.15) is 30.4 Å². The summed E-state index contributed by atoms with van der Waals surface area (Å²) in [5.41, 5.74) is 1.11. The molecule has 2 rings (SSSR count). The van der Waals surface area contributed by atoms with E-state index in [4.69, 9.17) is 5.26 Å². The summed E-state index contributed by atoms with van der Waals surface area (Å²) in [6, 6.07) is 6.27. The van der Waals surface area contributed by atoms with Gasteiger partial charge >= 0.3 is 0 Å². The van der Waals surface area contributed by atoms with E-state index >= 15 is 0 Å². The molecule has 1 aromatic rings. The van der Waals surface area contributed by atoms with Crippen molar-refractivity contribution in [1.29, 1.82) is 5.26 Å². The molecular weight excluding hydrogens is 276 g/mol. The monoisotopic (exact) mass is 294 g/mol. The molecule has 0 radical (unpaired) electrons. The molecule has 2 atom stereocenters. The maximum Gasteiger partial charge on any atom is 0.240 e. The molecule has 1 aromatic carbocycles. The highest BCUT2D eigenvalue weighted by Gasteiger charge is 2.30. The quantitative estimate of drug-likeness (QED) is 0.876. The number of aliphatic hydroxyl groups is 1. The lowest BCUT2D eigenvalue weighted by atomic mass is 10.1. The van der Waals surface area contributed by atoms with Crippen LogP contribution in [0.25, 0.3) is 0 Å². The number of hydrogen-bond acceptors (Lipinski definition) is 4. The van der Waals surface area contributed by atoms with Gasteiger partial charge in [-0.3, -0.25) is 0 Å². The minimum atomic E-state index is -3.60. The second-order valence-electron chi connectivity index (χ2n) is 5.19. The lowest BCUT2D eigenvalue weighted by Crippen LogP contribution is -2.38. The van der Waals surface area contributed by atoms with E-state index in [1.165, 1.54) is 18.2 Å². The van der Waals surface area contributed by atoms with Gasteiger partial charge in [0, 0.05) is 12.6 Å². The first-order valence-electron chi connectivity index (χ1n) is 6.62. The lowest BCUT2D eigenvalue weighted by molar-refractivity contribution is 0.213. The van der Waals surface area contributed by atoms with Gasteiger partial charge in [-0.15, -0.1) is 0 Å². The molecule has 20 heavy (non-hydrogen) atoms. The molecule has 0 bridgehead atoms. The van der Waals surface area contributed by atoms with Crippen molar-refractivity contribution in [2.24, 2.45) is 5.92 Å². The van der Waals surface area contributed by atoms with Gasteiger partial charge in [-0.05, 0) is 49.4 Å². The molecule has 1 aliphatic rings. The van der Waals surface area contributed by atoms with Crippen molar-refractivity contribution in [2.45, 2.75) is 37.1 Å². The van der Waals surface area contributed by atoms with Gasteiger partial charge in [-0.1, -0.05) is 6.42 Å². The number of nitriles is 1. The van der Waals surface area contributed by atoms with Crippen LogP contribution in [0, 0.1) is 24.2 Å². The third-order valence-corrected chi connectivity index (χ3v) is 5.32. The Labute approximate surface area is 119 Å². The zero-order chi connectivity index (χ0) is 14.8. The highest BCUT2D eigenvalue weighted by atomic mass is 32.2. The van der Waals surface area contributed by atoms with E-state index in [2.05, 4.69) is 4.72 Å². The smallest absolute Gasteiger partial charge is 0.240 e. The molecule has 0 aromatic heterocycles. The number of nitrogens with one attached hydrogen (secondary N) is 1. The highest BCUT2D eigenvalue weighted by Crippen LogP contribution is 2.27. The zero-order valence-electron chi connectivity index (χ0n) is 11.3. The number of hydrogen-bond donors (Lipinski definition) is 2. The average Bonchev–Trinajstić information content (AvgIpc) is 2.85. The molecule has 108 valence electrons. The van der Waals surface area contributed by atoms with E-state index in [0.29, 0.717) is 11.1 Å². The van der Waals surface area contributed by atoms with Crippen LogP contribution < -0.4 is 4.72 Å². The van der Waals surface area contributed by atoms with Crippen LogP contribution in [0.2, 0.25) is 0 Å². The van der Waals surface area contributed by atoms with Crippen LogP contribution in [-0.2, 0) is 10.0 Å². The summed E-state index contributed by atoms with van der Waals surface area (Å²) in [6.07, 6.45) is 2.51. The number of aliphatic hydroxyl groups excluding tert-OH is 1. The van der Waals surface area contributed by atoms with Crippen LogP contribution >= 0.6 is 0 Å². The van der Waals surface area contributed by atoms with Gasteiger partial charge < -0.3 is 5.11 Å². The van der Waals surface area contributed by atoms with E-state index in [0.717, 1.165) is 19.3 Å². The maximum absolute atomic E-state index is 12.3. The standard InChI is InChI=1S/C14H18N2O3S/c1-10-7-13(6-5-11(10)8-15)20(18,19)16-14-4-2-3-12(14)9-17/h5-7,12,14,16-17H,2-4,9H2,1H3. The summed E-state index contributed by atoms with van der Waals surface area (Å²) in [6.45, 7) is 1.71. The summed E-state index contributed by atoms with van der Waals surface area (Å²) in [5, 5.41) is 18.1. The van der Waals surface area contributed by atoms with Crippen molar-refractivity contribution in [3.63, 3.8) is 0 Å². The number of rotatable bonds is 4. The molecule has 2 N–H and O–H groups in total. The number of nitrogens with zero attached hydrogens (tertiary/aromatic N) is 1. The predicted molar refractivity (Wildman–Crippen MR) is 74.4 cm³/mol. The van der Waals surface area contributed by atoms with E-state index in [9.17, 15) is 13.5 Å². The maximum atomic E-state index is 12.3. The molecule has 0 amide bonds. The van der Waals surface area contributed by atoms with E-state index < -0.39 is 10.0 Å². The van der Waals surface area contributed by atoms with Crippen molar-refractivity contribution in [2.75, 3.05) is 6.61 Å². The van der Waals surface area contributed by atoms with E-state index in [1.54, 1.807) is 6.92 Å². The second-order valence-corrected chi connectivity index (χ2v) is 6.90. The molecule has 0 spiro atoms. The van der Waals surface area contributed by atoms with Crippen molar-refractivity contribution >= 4 is 10.0 Å². The predicted octanol–water partition coefficient (Wildman–Crippen LogP) is 1.31. The Kier molecular flexibility index (Phi) is 4.43. The van der Waals surface area contributed by atoms with Gasteiger partial charge in [0.15, 0.2) is 0 Å². The first kappa shape index (κ1) is 15.0. The largest absolute Gasteiger partial charge is 0.396 e. The molecule has 1 saturated carbocycles. The minimum Gasteiger partial charge on any atom is -0.396 e. The Morgan fingerprint density at radius 3 is 2.80 bits per heavy atom. The fraction of sp³-hybridized carbons (Fsp3) is 0.500. The zero-order valence-corrected chi connectivity index (χ0v) is 12.2. The van der Waals surface area contributed by atoms with Gasteiger partial charge in [0.1, 0.15) is 0 Å². The molecule has 1 aliphatic carbocycles. The van der Waals surface area contributed by atoms with E-state index in [1.807, 2.05) is 6.07 Å². The first-order chi connectivity index (χ1) is 9.47. The van der Waals surface area contributed by atoms with Crippen LogP contribution in [0.5, 0.6) is 0 Å². The van der Waals surface area contributed by atoms with Gasteiger partial charge in [-0.2, -0.15) is 5.26 Å². The fourth-order valence-electron chi connectivity index (χ4n) is 2.61. The van der Waals surface area contributed by atoms with Gasteiger partial charge in [0.25, 0.3) is 0 Å². The summed E-state index contributed by atoms with van der Waals surface area (Å²) in [5.74, 6) is -0.00995.